The molecule has 0 saturated heterocycles. The molecule has 3 aliphatic carbocycles. The van der Waals surface area contributed by atoms with Gasteiger partial charge in [-0.15, -0.1) is 0 Å². The molecule has 29 heavy (non-hydrogen) atoms. The molecular weight excluding hydrogens is 384 g/mol. The van der Waals surface area contributed by atoms with E-state index < -0.39 is 63.0 Å². The number of benzene rings is 1. The lowest BCUT2D eigenvalue weighted by Gasteiger charge is -2.40. The lowest BCUT2D eigenvalue weighted by atomic mass is 9.62. The van der Waals surface area contributed by atoms with E-state index in [0.717, 1.165) is 12.1 Å². The maximum absolute atomic E-state index is 13.1. The van der Waals surface area contributed by atoms with Crippen LogP contribution in [0.1, 0.15) is 28.8 Å². The van der Waals surface area contributed by atoms with Gasteiger partial charge >= 0.3 is 0 Å². The monoisotopic (exact) mass is 400 g/mol. The molecule has 0 spiro atoms. The molecule has 0 fully saturated rings. The SMILES string of the molecule is NC(=O)C1=C(O)CC2CC3Cc4c([N+](=O)[O-])ccc(O)c4C(=O)C3=C(O)C2C1=O. The van der Waals surface area contributed by atoms with Gasteiger partial charge in [0.2, 0.25) is 0 Å². The van der Waals surface area contributed by atoms with Gasteiger partial charge in [-0.1, -0.05) is 0 Å². The summed E-state index contributed by atoms with van der Waals surface area (Å²) < 4.78 is 0. The zero-order valence-electron chi connectivity index (χ0n) is 14.9. The molecule has 0 aliphatic heterocycles. The van der Waals surface area contributed by atoms with Gasteiger partial charge in [0.1, 0.15) is 22.8 Å². The van der Waals surface area contributed by atoms with E-state index in [2.05, 4.69) is 0 Å². The van der Waals surface area contributed by atoms with Crippen molar-refractivity contribution < 1.29 is 34.6 Å². The van der Waals surface area contributed by atoms with Crippen molar-refractivity contribution in [2.75, 3.05) is 0 Å². The van der Waals surface area contributed by atoms with Crippen molar-refractivity contribution >= 4 is 23.2 Å². The predicted molar refractivity (Wildman–Crippen MR) is 96.0 cm³/mol. The predicted octanol–water partition coefficient (Wildman–Crippen LogP) is 1.37. The molecular formula is C19H16N2O8. The first-order valence-electron chi connectivity index (χ1n) is 8.86. The van der Waals surface area contributed by atoms with Crippen LogP contribution < -0.4 is 5.73 Å². The van der Waals surface area contributed by atoms with Gasteiger partial charge in [-0.05, 0) is 30.7 Å². The zero-order chi connectivity index (χ0) is 21.2. The fourth-order valence-corrected chi connectivity index (χ4v) is 4.79. The summed E-state index contributed by atoms with van der Waals surface area (Å²) in [5.74, 6) is -6.68. The second-order valence-electron chi connectivity index (χ2n) is 7.47. The highest BCUT2D eigenvalue weighted by Crippen LogP contribution is 2.50. The Bertz CT molecular complexity index is 1080. The lowest BCUT2D eigenvalue weighted by Crippen LogP contribution is -2.43. The molecule has 4 rings (SSSR count). The van der Waals surface area contributed by atoms with Gasteiger partial charge in [0.05, 0.1) is 16.4 Å². The Morgan fingerprint density at radius 1 is 1.17 bits per heavy atom. The van der Waals surface area contributed by atoms with E-state index in [1.54, 1.807) is 0 Å². The third-order valence-electron chi connectivity index (χ3n) is 5.94. The maximum atomic E-state index is 13.1. The number of hydrogen-bond acceptors (Lipinski definition) is 8. The van der Waals surface area contributed by atoms with Gasteiger partial charge in [0.25, 0.3) is 11.6 Å². The highest BCUT2D eigenvalue weighted by molar-refractivity contribution is 6.22. The zero-order valence-corrected chi connectivity index (χ0v) is 14.9. The molecule has 3 atom stereocenters. The Morgan fingerprint density at radius 3 is 2.48 bits per heavy atom. The van der Waals surface area contributed by atoms with Gasteiger partial charge in [-0.3, -0.25) is 24.5 Å². The average molecular weight is 400 g/mol. The van der Waals surface area contributed by atoms with Crippen molar-refractivity contribution in [2.24, 2.45) is 23.5 Å². The summed E-state index contributed by atoms with van der Waals surface area (Å²) in [4.78, 5) is 48.0. The number of nitro groups is 1. The third-order valence-corrected chi connectivity index (χ3v) is 5.94. The Balaban J connectivity index is 1.88. The number of phenols is 1. The molecule has 3 unspecified atom stereocenters. The molecule has 0 saturated carbocycles. The summed E-state index contributed by atoms with van der Waals surface area (Å²) >= 11 is 0. The number of carbonyl (C=O) groups excluding carboxylic acids is 3. The van der Waals surface area contributed by atoms with Crippen LogP contribution in [-0.2, 0) is 16.0 Å². The Kier molecular flexibility index (Phi) is 3.96. The van der Waals surface area contributed by atoms with E-state index in [1.807, 2.05) is 0 Å². The normalized spacial score (nSPS) is 26.0. The standard InChI is InChI=1S/C19H16N2O8/c20-19(27)15-11(23)5-7-3-6-4-8-9(21(28)29)1-2-10(22)14(8)17(25)12(6)16(24)13(7)18(15)26/h1-2,6-7,13,22-24H,3-5H2,(H2,20,27). The Labute approximate surface area is 163 Å². The van der Waals surface area contributed by atoms with Crippen molar-refractivity contribution in [3.8, 4) is 5.75 Å². The summed E-state index contributed by atoms with van der Waals surface area (Å²) in [6.45, 7) is 0. The second-order valence-corrected chi connectivity index (χ2v) is 7.47. The molecule has 1 amide bonds. The smallest absolute Gasteiger partial charge is 0.273 e. The van der Waals surface area contributed by atoms with E-state index in [1.165, 1.54) is 0 Å². The van der Waals surface area contributed by atoms with E-state index in [4.69, 9.17) is 5.73 Å². The highest BCUT2D eigenvalue weighted by Gasteiger charge is 2.50. The number of fused-ring (bicyclic) bond motifs is 3. The Morgan fingerprint density at radius 2 is 1.86 bits per heavy atom. The number of hydrogen-bond donors (Lipinski definition) is 4. The van der Waals surface area contributed by atoms with E-state index >= 15 is 0 Å². The van der Waals surface area contributed by atoms with Gasteiger partial charge < -0.3 is 21.1 Å². The molecule has 0 radical (unpaired) electrons. The van der Waals surface area contributed by atoms with Crippen molar-refractivity contribution in [2.45, 2.75) is 19.3 Å². The molecule has 150 valence electrons. The first-order valence-corrected chi connectivity index (χ1v) is 8.86. The summed E-state index contributed by atoms with van der Waals surface area (Å²) in [5.41, 5.74) is 3.95. The minimum atomic E-state index is -1.22. The minimum Gasteiger partial charge on any atom is -0.511 e. The number of carbonyl (C=O) groups is 3. The number of rotatable bonds is 2. The molecule has 0 heterocycles. The number of Topliss-reactive ketones (excluding diaryl/α,β-unsaturated/α-hetero) is 2. The number of nitrogens with zero attached hydrogens (tertiary/aromatic N) is 1. The van der Waals surface area contributed by atoms with Crippen LogP contribution in [0.2, 0.25) is 0 Å². The number of aromatic hydroxyl groups is 1. The summed E-state index contributed by atoms with van der Waals surface area (Å²) in [5, 5.41) is 42.3. The van der Waals surface area contributed by atoms with E-state index in [0.29, 0.717) is 0 Å². The number of allylic oxidation sites excluding steroid dienone is 3. The maximum Gasteiger partial charge on any atom is 0.273 e. The van der Waals surface area contributed by atoms with E-state index in [-0.39, 0.29) is 41.6 Å². The molecule has 5 N–H and O–H groups in total. The first-order chi connectivity index (χ1) is 13.6. The fourth-order valence-electron chi connectivity index (χ4n) is 4.79. The van der Waals surface area contributed by atoms with Crippen molar-refractivity contribution in [1.82, 2.24) is 0 Å². The lowest BCUT2D eigenvalue weighted by molar-refractivity contribution is -0.385. The molecule has 1 aromatic rings. The van der Waals surface area contributed by atoms with Gasteiger partial charge in [0, 0.05) is 23.6 Å². The van der Waals surface area contributed by atoms with Gasteiger partial charge in [-0.2, -0.15) is 0 Å². The van der Waals surface area contributed by atoms with Crippen molar-refractivity contribution in [1.29, 1.82) is 0 Å². The van der Waals surface area contributed by atoms with Crippen LogP contribution in [0, 0.1) is 27.9 Å². The number of nitrogens with two attached hydrogens (primary N) is 1. The van der Waals surface area contributed by atoms with Crippen molar-refractivity contribution in [3.05, 3.63) is 56.0 Å². The topological polar surface area (TPSA) is 181 Å². The van der Waals surface area contributed by atoms with Gasteiger partial charge in [-0.25, -0.2) is 0 Å². The molecule has 1 aromatic carbocycles. The summed E-state index contributed by atoms with van der Waals surface area (Å²) in [6, 6.07) is 2.15. The third kappa shape index (κ3) is 2.52. The molecule has 0 bridgehead atoms. The van der Waals surface area contributed by atoms with E-state index in [9.17, 15) is 39.8 Å². The van der Waals surface area contributed by atoms with Gasteiger partial charge in [0.15, 0.2) is 11.6 Å². The number of primary amides is 1. The van der Waals surface area contributed by atoms with Crippen LogP contribution in [-0.4, -0.2) is 37.7 Å². The number of aliphatic hydroxyl groups excluding tert-OH is 2. The Hall–Kier alpha value is -3.69. The van der Waals surface area contributed by atoms with Crippen LogP contribution >= 0.6 is 0 Å². The number of ketones is 2. The molecule has 10 heteroatoms. The summed E-state index contributed by atoms with van der Waals surface area (Å²) in [6.07, 6.45) is 0.103. The highest BCUT2D eigenvalue weighted by atomic mass is 16.6. The molecule has 0 aromatic heterocycles. The number of amides is 1. The van der Waals surface area contributed by atoms with Crippen LogP contribution in [0.4, 0.5) is 5.69 Å². The first kappa shape index (κ1) is 18.7. The number of aliphatic hydroxyl groups is 2. The van der Waals surface area contributed by atoms with Crippen LogP contribution in [0.25, 0.3) is 0 Å². The average Bonchev–Trinajstić information content (AvgIpc) is 2.60. The van der Waals surface area contributed by atoms with Crippen LogP contribution in [0.15, 0.2) is 34.8 Å². The summed E-state index contributed by atoms with van der Waals surface area (Å²) in [7, 11) is 0. The number of nitro benzene ring substituents is 1. The largest absolute Gasteiger partial charge is 0.511 e. The minimum absolute atomic E-state index is 0.00967. The van der Waals surface area contributed by atoms with Crippen LogP contribution in [0.3, 0.4) is 0 Å². The second kappa shape index (κ2) is 6.16. The number of phenolic OH excluding ortho intramolecular Hbond substituents is 1. The molecule has 3 aliphatic rings. The van der Waals surface area contributed by atoms with Crippen molar-refractivity contribution in [3.63, 3.8) is 0 Å². The fraction of sp³-hybridized carbons (Fsp3) is 0.316. The molecule has 10 nitrogen and oxygen atoms in total. The quantitative estimate of drug-likeness (QED) is 0.326. The van der Waals surface area contributed by atoms with Crippen LogP contribution in [0.5, 0.6) is 5.75 Å².